The Hall–Kier alpha value is -1.77. The first kappa shape index (κ1) is 8.53. The van der Waals surface area contributed by atoms with E-state index < -0.39 is 0 Å². The number of dihydropyridines is 1. The van der Waals surface area contributed by atoms with Crippen molar-refractivity contribution >= 4 is 6.21 Å². The van der Waals surface area contributed by atoms with Gasteiger partial charge in [0.2, 0.25) is 0 Å². The third-order valence-corrected chi connectivity index (χ3v) is 2.81. The summed E-state index contributed by atoms with van der Waals surface area (Å²) in [5.74, 6) is 0. The third kappa shape index (κ3) is 1.50. The van der Waals surface area contributed by atoms with Gasteiger partial charge in [-0.05, 0) is 31.1 Å². The summed E-state index contributed by atoms with van der Waals surface area (Å²) in [7, 11) is 0. The van der Waals surface area contributed by atoms with Crippen molar-refractivity contribution in [3.05, 3.63) is 47.1 Å². The molecule has 0 saturated heterocycles. The number of rotatable bonds is 0. The van der Waals surface area contributed by atoms with Crippen LogP contribution in [0.25, 0.3) is 0 Å². The lowest BCUT2D eigenvalue weighted by atomic mass is 10.0. The fourth-order valence-corrected chi connectivity index (χ4v) is 2.03. The van der Waals surface area contributed by atoms with Crippen LogP contribution < -0.4 is 10.6 Å². The van der Waals surface area contributed by atoms with E-state index in [9.17, 15) is 0 Å². The smallest absolute Gasteiger partial charge is 0.0543 e. The van der Waals surface area contributed by atoms with Crippen LogP contribution in [0.4, 0.5) is 0 Å². The molecular weight excluding hydrogens is 186 g/mol. The second-order valence-electron chi connectivity index (χ2n) is 3.84. The van der Waals surface area contributed by atoms with Gasteiger partial charge in [-0.3, -0.25) is 4.99 Å². The molecule has 0 fully saturated rings. The van der Waals surface area contributed by atoms with E-state index in [0.29, 0.717) is 0 Å². The van der Waals surface area contributed by atoms with Crippen molar-refractivity contribution in [2.45, 2.75) is 12.8 Å². The summed E-state index contributed by atoms with van der Waals surface area (Å²) >= 11 is 0. The SMILES string of the molecule is C1=CC2=CC3=C(CCCN3)NC2=CC=N1. The van der Waals surface area contributed by atoms with Crippen molar-refractivity contribution in [1.29, 1.82) is 0 Å². The first-order valence-corrected chi connectivity index (χ1v) is 5.29. The zero-order valence-electron chi connectivity index (χ0n) is 8.46. The van der Waals surface area contributed by atoms with E-state index >= 15 is 0 Å². The molecule has 0 spiro atoms. The molecule has 76 valence electrons. The fourth-order valence-electron chi connectivity index (χ4n) is 2.03. The Morgan fingerprint density at radius 2 is 2.33 bits per heavy atom. The molecule has 0 aromatic carbocycles. The Bertz CT molecular complexity index is 436. The van der Waals surface area contributed by atoms with Gasteiger partial charge in [0.15, 0.2) is 0 Å². The predicted molar refractivity (Wildman–Crippen MR) is 61.2 cm³/mol. The van der Waals surface area contributed by atoms with Crippen molar-refractivity contribution in [1.82, 2.24) is 10.6 Å². The lowest BCUT2D eigenvalue weighted by molar-refractivity contribution is 0.636. The Morgan fingerprint density at radius 1 is 1.33 bits per heavy atom. The Kier molecular flexibility index (Phi) is 1.95. The van der Waals surface area contributed by atoms with E-state index in [1.807, 2.05) is 24.6 Å². The van der Waals surface area contributed by atoms with Crippen LogP contribution >= 0.6 is 0 Å². The maximum absolute atomic E-state index is 4.11. The first-order valence-electron chi connectivity index (χ1n) is 5.29. The molecule has 3 heterocycles. The van der Waals surface area contributed by atoms with Gasteiger partial charge >= 0.3 is 0 Å². The van der Waals surface area contributed by atoms with Crippen LogP contribution in [0.2, 0.25) is 0 Å². The second-order valence-corrected chi connectivity index (χ2v) is 3.84. The molecule has 3 nitrogen and oxygen atoms in total. The lowest BCUT2D eigenvalue weighted by Crippen LogP contribution is -2.30. The van der Waals surface area contributed by atoms with Crippen LogP contribution in [0.15, 0.2) is 52.1 Å². The monoisotopic (exact) mass is 199 g/mol. The summed E-state index contributed by atoms with van der Waals surface area (Å²) in [5.41, 5.74) is 4.88. The average molecular weight is 199 g/mol. The second kappa shape index (κ2) is 3.42. The topological polar surface area (TPSA) is 36.4 Å². The number of aliphatic imine (C=N–C) groups is 1. The molecule has 0 aliphatic carbocycles. The number of nitrogens with one attached hydrogen (secondary N) is 2. The normalized spacial score (nSPS) is 22.9. The number of hydrogen-bond acceptors (Lipinski definition) is 3. The van der Waals surface area contributed by atoms with E-state index in [1.54, 1.807) is 0 Å². The molecule has 15 heavy (non-hydrogen) atoms. The summed E-state index contributed by atoms with van der Waals surface area (Å²) in [4.78, 5) is 4.11. The van der Waals surface area contributed by atoms with Crippen LogP contribution in [0, 0.1) is 0 Å². The van der Waals surface area contributed by atoms with Gasteiger partial charge in [0.25, 0.3) is 0 Å². The highest BCUT2D eigenvalue weighted by molar-refractivity contribution is 5.76. The Labute approximate surface area is 89.0 Å². The molecule has 0 bridgehead atoms. The molecule has 3 aliphatic rings. The number of nitrogens with zero attached hydrogens (tertiary/aromatic N) is 1. The highest BCUT2D eigenvalue weighted by atomic mass is 15.0. The van der Waals surface area contributed by atoms with Gasteiger partial charge < -0.3 is 10.6 Å². The van der Waals surface area contributed by atoms with Gasteiger partial charge in [-0.25, -0.2) is 0 Å². The van der Waals surface area contributed by atoms with E-state index in [0.717, 1.165) is 18.7 Å². The minimum absolute atomic E-state index is 1.07. The lowest BCUT2D eigenvalue weighted by Gasteiger charge is -2.27. The van der Waals surface area contributed by atoms with E-state index in [-0.39, 0.29) is 0 Å². The maximum atomic E-state index is 4.11. The molecule has 0 atom stereocenters. The summed E-state index contributed by atoms with van der Waals surface area (Å²) in [6.07, 6.45) is 12.2. The summed E-state index contributed by atoms with van der Waals surface area (Å²) < 4.78 is 0. The van der Waals surface area contributed by atoms with Crippen molar-refractivity contribution in [2.75, 3.05) is 6.54 Å². The van der Waals surface area contributed by atoms with Crippen LogP contribution in [-0.4, -0.2) is 12.8 Å². The van der Waals surface area contributed by atoms with Gasteiger partial charge in [-0.15, -0.1) is 0 Å². The summed E-state index contributed by atoms with van der Waals surface area (Å²) in [5, 5.41) is 6.88. The van der Waals surface area contributed by atoms with Crippen molar-refractivity contribution in [3.63, 3.8) is 0 Å². The molecule has 2 N–H and O–H groups in total. The van der Waals surface area contributed by atoms with Gasteiger partial charge in [0, 0.05) is 35.9 Å². The van der Waals surface area contributed by atoms with Crippen molar-refractivity contribution in [3.8, 4) is 0 Å². The molecule has 3 rings (SSSR count). The predicted octanol–water partition coefficient (Wildman–Crippen LogP) is 1.59. The zero-order valence-corrected chi connectivity index (χ0v) is 8.46. The Balaban J connectivity index is 2.03. The van der Waals surface area contributed by atoms with Crippen LogP contribution in [-0.2, 0) is 0 Å². The van der Waals surface area contributed by atoms with Crippen LogP contribution in [0.3, 0.4) is 0 Å². The molecular formula is C12H13N3. The summed E-state index contributed by atoms with van der Waals surface area (Å²) in [6, 6.07) is 0. The number of allylic oxidation sites excluding steroid dienone is 4. The number of hydrogen-bond donors (Lipinski definition) is 2. The molecule has 0 amide bonds. The minimum Gasteiger partial charge on any atom is -0.384 e. The summed E-state index contributed by atoms with van der Waals surface area (Å²) in [6.45, 7) is 1.07. The molecule has 0 unspecified atom stereocenters. The minimum atomic E-state index is 1.07. The molecule has 3 heteroatoms. The third-order valence-electron chi connectivity index (χ3n) is 2.81. The highest BCUT2D eigenvalue weighted by Gasteiger charge is 2.18. The molecule has 0 aromatic heterocycles. The van der Waals surface area contributed by atoms with E-state index in [4.69, 9.17) is 0 Å². The van der Waals surface area contributed by atoms with Crippen LogP contribution in [0.5, 0.6) is 0 Å². The van der Waals surface area contributed by atoms with E-state index in [1.165, 1.54) is 23.4 Å². The highest BCUT2D eigenvalue weighted by Crippen LogP contribution is 2.25. The molecule has 3 aliphatic heterocycles. The van der Waals surface area contributed by atoms with Crippen molar-refractivity contribution < 1.29 is 0 Å². The standard InChI is InChI=1S/C12H13N3/c1-2-11-12(14-5-1)8-9-3-6-13-7-4-10(9)15-11/h3-4,6-8,14-15H,1-2,5H2. The largest absolute Gasteiger partial charge is 0.384 e. The van der Waals surface area contributed by atoms with Gasteiger partial charge in [0.1, 0.15) is 0 Å². The average Bonchev–Trinajstić information content (AvgIpc) is 2.50. The fraction of sp³-hybridized carbons (Fsp3) is 0.250. The van der Waals surface area contributed by atoms with Crippen molar-refractivity contribution in [2.24, 2.45) is 4.99 Å². The first-order chi connectivity index (χ1) is 7.43. The van der Waals surface area contributed by atoms with Crippen LogP contribution in [0.1, 0.15) is 12.8 Å². The Morgan fingerprint density at radius 3 is 3.33 bits per heavy atom. The number of fused-ring (bicyclic) bond motifs is 1. The molecule has 0 radical (unpaired) electrons. The van der Waals surface area contributed by atoms with Gasteiger partial charge in [-0.2, -0.15) is 0 Å². The maximum Gasteiger partial charge on any atom is 0.0543 e. The van der Waals surface area contributed by atoms with Gasteiger partial charge in [0.05, 0.1) is 5.70 Å². The van der Waals surface area contributed by atoms with E-state index in [2.05, 4.69) is 21.7 Å². The van der Waals surface area contributed by atoms with Gasteiger partial charge in [-0.1, -0.05) is 0 Å². The zero-order chi connectivity index (χ0) is 10.1. The molecule has 0 aromatic rings. The quantitative estimate of drug-likeness (QED) is 0.621. The molecule has 0 saturated carbocycles.